The molecule has 1 saturated carbocycles. The van der Waals surface area contributed by atoms with Crippen LogP contribution in [0.15, 0.2) is 0 Å². The van der Waals surface area contributed by atoms with Crippen LogP contribution in [0.4, 0.5) is 0 Å². The number of fused-ring (bicyclic) bond motifs is 1. The van der Waals surface area contributed by atoms with E-state index in [0.717, 1.165) is 12.8 Å². The van der Waals surface area contributed by atoms with Crippen LogP contribution in [0.25, 0.3) is 0 Å². The molecule has 0 spiro atoms. The summed E-state index contributed by atoms with van der Waals surface area (Å²) in [5.74, 6) is 0.137. The van der Waals surface area contributed by atoms with Gasteiger partial charge < -0.3 is 9.64 Å². The summed E-state index contributed by atoms with van der Waals surface area (Å²) >= 11 is 0. The van der Waals surface area contributed by atoms with Gasteiger partial charge in [-0.25, -0.2) is 0 Å². The van der Waals surface area contributed by atoms with E-state index in [9.17, 15) is 4.79 Å². The molecule has 1 aliphatic heterocycles. The molecular formula is C9H16ClNO2. The number of halogens is 1. The molecule has 2 aliphatic rings. The molecule has 0 bridgehead atoms. The van der Waals surface area contributed by atoms with Crippen molar-refractivity contribution in [3.63, 3.8) is 0 Å². The van der Waals surface area contributed by atoms with Crippen molar-refractivity contribution in [1.82, 2.24) is 4.90 Å². The second-order valence-corrected chi connectivity index (χ2v) is 3.71. The van der Waals surface area contributed by atoms with Crippen molar-refractivity contribution >= 4 is 18.3 Å². The lowest BCUT2D eigenvalue weighted by molar-refractivity contribution is -0.157. The number of nitrogens with zero attached hydrogens (tertiary/aromatic N) is 1. The zero-order valence-corrected chi connectivity index (χ0v) is 8.68. The maximum absolute atomic E-state index is 11.2. The quantitative estimate of drug-likeness (QED) is 0.595. The predicted molar refractivity (Wildman–Crippen MR) is 52.0 cm³/mol. The van der Waals surface area contributed by atoms with Crippen molar-refractivity contribution < 1.29 is 9.53 Å². The van der Waals surface area contributed by atoms with Gasteiger partial charge in [-0.1, -0.05) is 12.8 Å². The first-order valence-electron chi connectivity index (χ1n) is 4.66. The van der Waals surface area contributed by atoms with E-state index in [1.54, 1.807) is 0 Å². The normalized spacial score (nSPS) is 33.6. The van der Waals surface area contributed by atoms with Gasteiger partial charge in [0.15, 0.2) is 0 Å². The van der Waals surface area contributed by atoms with Crippen LogP contribution in [0.5, 0.6) is 0 Å². The first-order chi connectivity index (χ1) is 5.79. The largest absolute Gasteiger partial charge is 0.366 e. The minimum atomic E-state index is 0. The molecule has 0 aromatic heterocycles. The Kier molecular flexibility index (Phi) is 3.56. The lowest BCUT2D eigenvalue weighted by Gasteiger charge is -2.41. The highest BCUT2D eigenvalue weighted by Gasteiger charge is 2.35. The number of ether oxygens (including phenoxy) is 1. The molecule has 0 aromatic rings. The molecule has 0 aromatic carbocycles. The van der Waals surface area contributed by atoms with E-state index < -0.39 is 0 Å². The third-order valence-corrected chi connectivity index (χ3v) is 2.98. The fourth-order valence-corrected chi connectivity index (χ4v) is 2.18. The molecule has 0 radical (unpaired) electrons. The molecule has 1 saturated heterocycles. The van der Waals surface area contributed by atoms with Gasteiger partial charge in [-0.05, 0) is 12.8 Å². The molecule has 1 aliphatic carbocycles. The van der Waals surface area contributed by atoms with Gasteiger partial charge in [0, 0.05) is 7.05 Å². The molecule has 4 heteroatoms. The van der Waals surface area contributed by atoms with Crippen LogP contribution < -0.4 is 0 Å². The van der Waals surface area contributed by atoms with Gasteiger partial charge in [-0.2, -0.15) is 0 Å². The van der Waals surface area contributed by atoms with Crippen LogP contribution >= 0.6 is 12.4 Å². The second-order valence-electron chi connectivity index (χ2n) is 3.71. The first-order valence-corrected chi connectivity index (χ1v) is 4.66. The number of carbonyl (C=O) groups is 1. The second kappa shape index (κ2) is 4.29. The standard InChI is InChI=1S/C9H15NO2.ClH/c1-10-7-4-2-3-5-8(7)12-6-9(10)11;/h7-8H,2-6H2,1H3;1H/t7-,8-;/m0./s1. The number of rotatable bonds is 0. The molecular weight excluding hydrogens is 190 g/mol. The Hall–Kier alpha value is -0.280. The van der Waals surface area contributed by atoms with Gasteiger partial charge in [0.25, 0.3) is 0 Å². The summed E-state index contributed by atoms with van der Waals surface area (Å²) in [6.07, 6.45) is 5.06. The fourth-order valence-electron chi connectivity index (χ4n) is 2.18. The highest BCUT2D eigenvalue weighted by Crippen LogP contribution is 2.27. The fraction of sp³-hybridized carbons (Fsp3) is 0.889. The van der Waals surface area contributed by atoms with Crippen molar-refractivity contribution in [2.75, 3.05) is 13.7 Å². The summed E-state index contributed by atoms with van der Waals surface area (Å²) in [5.41, 5.74) is 0. The topological polar surface area (TPSA) is 29.5 Å². The number of hydrogen-bond donors (Lipinski definition) is 0. The highest BCUT2D eigenvalue weighted by atomic mass is 35.5. The van der Waals surface area contributed by atoms with Crippen LogP contribution in [0.3, 0.4) is 0 Å². The molecule has 1 amide bonds. The van der Waals surface area contributed by atoms with Crippen molar-refractivity contribution in [2.45, 2.75) is 37.8 Å². The number of hydrogen-bond acceptors (Lipinski definition) is 2. The summed E-state index contributed by atoms with van der Waals surface area (Å²) in [7, 11) is 1.90. The lowest BCUT2D eigenvalue weighted by Crippen LogP contribution is -2.53. The molecule has 0 unspecified atom stereocenters. The van der Waals surface area contributed by atoms with Crippen molar-refractivity contribution in [2.24, 2.45) is 0 Å². The van der Waals surface area contributed by atoms with E-state index in [0.29, 0.717) is 12.1 Å². The Balaban J connectivity index is 0.000000845. The van der Waals surface area contributed by atoms with Gasteiger partial charge in [0.1, 0.15) is 6.61 Å². The van der Waals surface area contributed by atoms with Crippen LogP contribution in [0.1, 0.15) is 25.7 Å². The molecule has 1 heterocycles. The van der Waals surface area contributed by atoms with Gasteiger partial charge in [0.05, 0.1) is 12.1 Å². The number of carbonyl (C=O) groups excluding carboxylic acids is 1. The van der Waals surface area contributed by atoms with E-state index in [2.05, 4.69) is 0 Å². The van der Waals surface area contributed by atoms with Crippen LogP contribution in [0, 0.1) is 0 Å². The highest BCUT2D eigenvalue weighted by molar-refractivity contribution is 5.85. The molecule has 2 rings (SSSR count). The summed E-state index contributed by atoms with van der Waals surface area (Å²) in [6, 6.07) is 0.361. The van der Waals surface area contributed by atoms with Crippen LogP contribution in [-0.2, 0) is 9.53 Å². The summed E-state index contributed by atoms with van der Waals surface area (Å²) in [6.45, 7) is 0.289. The predicted octanol–water partition coefficient (Wildman–Crippen LogP) is 1.21. The number of morpholine rings is 1. The smallest absolute Gasteiger partial charge is 0.248 e. The first kappa shape index (κ1) is 10.8. The average molecular weight is 206 g/mol. The maximum Gasteiger partial charge on any atom is 0.248 e. The average Bonchev–Trinajstić information content (AvgIpc) is 2.12. The minimum Gasteiger partial charge on any atom is -0.366 e. The monoisotopic (exact) mass is 205 g/mol. The van der Waals surface area contributed by atoms with Crippen LogP contribution in [0.2, 0.25) is 0 Å². The zero-order chi connectivity index (χ0) is 8.55. The molecule has 13 heavy (non-hydrogen) atoms. The Morgan fingerprint density at radius 1 is 1.38 bits per heavy atom. The Morgan fingerprint density at radius 2 is 2.08 bits per heavy atom. The summed E-state index contributed by atoms with van der Waals surface area (Å²) in [5, 5.41) is 0. The molecule has 2 atom stereocenters. The van der Waals surface area contributed by atoms with Crippen molar-refractivity contribution in [3.05, 3.63) is 0 Å². The number of likely N-dealkylation sites (N-methyl/N-ethyl adjacent to an activating group) is 1. The molecule has 3 nitrogen and oxygen atoms in total. The Bertz CT molecular complexity index is 198. The van der Waals surface area contributed by atoms with E-state index in [1.165, 1.54) is 12.8 Å². The van der Waals surface area contributed by atoms with Crippen LogP contribution in [-0.4, -0.2) is 36.6 Å². The van der Waals surface area contributed by atoms with E-state index in [4.69, 9.17) is 4.74 Å². The van der Waals surface area contributed by atoms with E-state index in [-0.39, 0.29) is 24.9 Å². The van der Waals surface area contributed by atoms with Gasteiger partial charge in [-0.3, -0.25) is 4.79 Å². The lowest BCUT2D eigenvalue weighted by atomic mass is 9.90. The summed E-state index contributed by atoms with van der Waals surface area (Å²) < 4.78 is 5.47. The Labute approximate surface area is 84.8 Å². The van der Waals surface area contributed by atoms with E-state index >= 15 is 0 Å². The third kappa shape index (κ3) is 1.97. The third-order valence-electron chi connectivity index (χ3n) is 2.98. The number of amides is 1. The molecule has 76 valence electrons. The maximum atomic E-state index is 11.2. The van der Waals surface area contributed by atoms with Gasteiger partial charge in [0.2, 0.25) is 5.91 Å². The van der Waals surface area contributed by atoms with Gasteiger partial charge >= 0.3 is 0 Å². The molecule has 0 N–H and O–H groups in total. The SMILES string of the molecule is CN1C(=O)CO[C@H]2CCCC[C@@H]21.Cl. The summed E-state index contributed by atoms with van der Waals surface area (Å²) in [4.78, 5) is 13.1. The van der Waals surface area contributed by atoms with Crippen molar-refractivity contribution in [1.29, 1.82) is 0 Å². The zero-order valence-electron chi connectivity index (χ0n) is 7.86. The minimum absolute atomic E-state index is 0. The van der Waals surface area contributed by atoms with Gasteiger partial charge in [-0.15, -0.1) is 12.4 Å². The van der Waals surface area contributed by atoms with E-state index in [1.807, 2.05) is 11.9 Å². The van der Waals surface area contributed by atoms with Crippen molar-refractivity contribution in [3.8, 4) is 0 Å². The Morgan fingerprint density at radius 3 is 2.85 bits per heavy atom. The molecule has 2 fully saturated rings.